The smallest absolute Gasteiger partial charge is 0.242 e. The first-order chi connectivity index (χ1) is 12.8. The number of piperazine rings is 1. The van der Waals surface area contributed by atoms with Gasteiger partial charge in [0.15, 0.2) is 5.96 Å². The van der Waals surface area contributed by atoms with E-state index in [0.29, 0.717) is 38.7 Å². The van der Waals surface area contributed by atoms with Crippen LogP contribution in [0.25, 0.3) is 0 Å². The summed E-state index contributed by atoms with van der Waals surface area (Å²) in [6.07, 6.45) is 2.84. The topological polar surface area (TPSA) is 107 Å². The van der Waals surface area contributed by atoms with Crippen LogP contribution in [0.3, 0.4) is 0 Å². The van der Waals surface area contributed by atoms with E-state index < -0.39 is 10.0 Å². The number of aromatic nitrogens is 1. The molecule has 27 heavy (non-hydrogen) atoms. The molecule has 0 unspecified atom stereocenters. The molecule has 0 radical (unpaired) electrons. The summed E-state index contributed by atoms with van der Waals surface area (Å²) in [6.45, 7) is 7.14. The van der Waals surface area contributed by atoms with Crippen LogP contribution in [-0.4, -0.2) is 81.4 Å². The molecule has 1 fully saturated rings. The molecule has 1 amide bonds. The van der Waals surface area contributed by atoms with Crippen LogP contribution in [0.2, 0.25) is 0 Å². The molecular weight excluding hydrogens is 368 g/mol. The number of amides is 1. The third-order valence-corrected chi connectivity index (χ3v) is 5.69. The van der Waals surface area contributed by atoms with Crippen LogP contribution in [0.5, 0.6) is 0 Å². The molecule has 2 heterocycles. The molecule has 1 aliphatic rings. The lowest BCUT2D eigenvalue weighted by Crippen LogP contribution is -2.55. The number of pyridine rings is 1. The van der Waals surface area contributed by atoms with Crippen molar-refractivity contribution in [3.8, 4) is 0 Å². The molecule has 2 N–H and O–H groups in total. The second kappa shape index (κ2) is 9.65. The minimum Gasteiger partial charge on any atom is -0.355 e. The third-order valence-electron chi connectivity index (χ3n) is 4.24. The number of aliphatic imine (C=N–C) groups is 1. The lowest BCUT2D eigenvalue weighted by molar-refractivity contribution is -0.135. The van der Waals surface area contributed by atoms with Crippen LogP contribution in [0.15, 0.2) is 34.4 Å². The van der Waals surface area contributed by atoms with Gasteiger partial charge in [-0.2, -0.15) is 0 Å². The van der Waals surface area contributed by atoms with E-state index in [1.54, 1.807) is 13.1 Å². The largest absolute Gasteiger partial charge is 0.355 e. The lowest BCUT2D eigenvalue weighted by atomic mass is 10.1. The Morgan fingerprint density at radius 3 is 2.44 bits per heavy atom. The molecule has 0 aromatic carbocycles. The molecule has 0 aliphatic carbocycles. The summed E-state index contributed by atoms with van der Waals surface area (Å²) in [5.74, 6) is 0.872. The monoisotopic (exact) mass is 396 g/mol. The number of hydrogen-bond acceptors (Lipinski definition) is 5. The van der Waals surface area contributed by atoms with Gasteiger partial charge in [-0.25, -0.2) is 13.1 Å². The summed E-state index contributed by atoms with van der Waals surface area (Å²) in [6, 6.07) is 3.08. The predicted octanol–water partition coefficient (Wildman–Crippen LogP) is -0.264. The van der Waals surface area contributed by atoms with Gasteiger partial charge in [-0.05, 0) is 12.1 Å². The molecule has 150 valence electrons. The molecular formula is C17H28N6O3S. The van der Waals surface area contributed by atoms with Gasteiger partial charge in [-0.3, -0.25) is 14.8 Å². The first-order valence-electron chi connectivity index (χ1n) is 8.99. The van der Waals surface area contributed by atoms with Crippen molar-refractivity contribution in [2.24, 2.45) is 10.9 Å². The van der Waals surface area contributed by atoms with E-state index in [1.165, 1.54) is 18.5 Å². The van der Waals surface area contributed by atoms with Crippen molar-refractivity contribution in [2.45, 2.75) is 18.7 Å². The summed E-state index contributed by atoms with van der Waals surface area (Å²) < 4.78 is 26.8. The average Bonchev–Trinajstić information content (AvgIpc) is 2.68. The fraction of sp³-hybridized carbons (Fsp3) is 0.588. The maximum atomic E-state index is 12.1. The van der Waals surface area contributed by atoms with E-state index in [0.717, 1.165) is 0 Å². The summed E-state index contributed by atoms with van der Waals surface area (Å²) in [7, 11) is -1.88. The number of sulfonamides is 1. The number of guanidine groups is 1. The van der Waals surface area contributed by atoms with Crippen molar-refractivity contribution in [1.29, 1.82) is 0 Å². The number of carbonyl (C=O) groups excluding carboxylic acids is 1. The minimum absolute atomic E-state index is 0.00169. The molecule has 1 aromatic heterocycles. The van der Waals surface area contributed by atoms with Gasteiger partial charge in [-0.1, -0.05) is 13.8 Å². The van der Waals surface area contributed by atoms with Crippen LogP contribution in [0.1, 0.15) is 13.8 Å². The lowest BCUT2D eigenvalue weighted by Gasteiger charge is -2.37. The van der Waals surface area contributed by atoms with Gasteiger partial charge < -0.3 is 15.1 Å². The Morgan fingerprint density at radius 2 is 1.89 bits per heavy atom. The standard InChI is InChI=1S/C17H28N6O3S/c1-14(2)16(24)22-9-11-23(12-10-22)17(18-3)20-7-8-21-27(25,26)15-5-4-6-19-13-15/h4-6,13-14,21H,7-12H2,1-3H3,(H,18,20). The number of hydrogen-bond donors (Lipinski definition) is 2. The first-order valence-corrected chi connectivity index (χ1v) is 10.5. The van der Waals surface area contributed by atoms with E-state index in [2.05, 4.69) is 24.9 Å². The van der Waals surface area contributed by atoms with Crippen molar-refractivity contribution >= 4 is 21.9 Å². The SMILES string of the molecule is CN=C(NCCNS(=O)(=O)c1cccnc1)N1CCN(C(=O)C(C)C)CC1. The zero-order chi connectivity index (χ0) is 19.9. The molecule has 10 heteroatoms. The van der Waals surface area contributed by atoms with E-state index in [4.69, 9.17) is 0 Å². The fourth-order valence-electron chi connectivity index (χ4n) is 2.79. The second-order valence-corrected chi connectivity index (χ2v) is 8.29. The van der Waals surface area contributed by atoms with Crippen molar-refractivity contribution in [2.75, 3.05) is 46.3 Å². The summed E-state index contributed by atoms with van der Waals surface area (Å²) in [5, 5.41) is 3.16. The molecule has 2 rings (SSSR count). The predicted molar refractivity (Wildman–Crippen MR) is 104 cm³/mol. The Labute approximate surface area is 160 Å². The summed E-state index contributed by atoms with van der Waals surface area (Å²) in [4.78, 5) is 24.2. The van der Waals surface area contributed by atoms with Gasteiger partial charge in [-0.15, -0.1) is 0 Å². The van der Waals surface area contributed by atoms with Crippen LogP contribution in [0.4, 0.5) is 0 Å². The Bertz CT molecular complexity index is 743. The first kappa shape index (κ1) is 21.1. The molecule has 9 nitrogen and oxygen atoms in total. The quantitative estimate of drug-likeness (QED) is 0.390. The molecule has 1 saturated heterocycles. The molecule has 0 saturated carbocycles. The van der Waals surface area contributed by atoms with E-state index >= 15 is 0 Å². The van der Waals surface area contributed by atoms with Crippen molar-refractivity contribution in [3.05, 3.63) is 24.5 Å². The molecule has 1 aliphatic heterocycles. The van der Waals surface area contributed by atoms with Gasteiger partial charge in [0.25, 0.3) is 0 Å². The molecule has 1 aromatic rings. The van der Waals surface area contributed by atoms with E-state index in [-0.39, 0.29) is 23.3 Å². The minimum atomic E-state index is -3.56. The van der Waals surface area contributed by atoms with E-state index in [9.17, 15) is 13.2 Å². The van der Waals surface area contributed by atoms with Crippen LogP contribution >= 0.6 is 0 Å². The highest BCUT2D eigenvalue weighted by molar-refractivity contribution is 7.89. The number of nitrogens with zero attached hydrogens (tertiary/aromatic N) is 4. The van der Waals surface area contributed by atoms with Crippen molar-refractivity contribution in [1.82, 2.24) is 24.8 Å². The van der Waals surface area contributed by atoms with Crippen LogP contribution in [0, 0.1) is 5.92 Å². The highest BCUT2D eigenvalue weighted by atomic mass is 32.2. The third kappa shape index (κ3) is 5.90. The normalized spacial score (nSPS) is 15.9. The number of nitrogens with one attached hydrogen (secondary N) is 2. The molecule has 0 atom stereocenters. The Balaban J connectivity index is 1.78. The number of carbonyl (C=O) groups is 1. The average molecular weight is 397 g/mol. The highest BCUT2D eigenvalue weighted by Gasteiger charge is 2.24. The molecule has 0 spiro atoms. The van der Waals surface area contributed by atoms with Crippen molar-refractivity contribution in [3.63, 3.8) is 0 Å². The Kier molecular flexibility index (Phi) is 7.55. The number of rotatable bonds is 6. The van der Waals surface area contributed by atoms with Gasteiger partial charge >= 0.3 is 0 Å². The Morgan fingerprint density at radius 1 is 1.22 bits per heavy atom. The maximum absolute atomic E-state index is 12.1. The molecule has 0 bridgehead atoms. The zero-order valence-corrected chi connectivity index (χ0v) is 16.9. The van der Waals surface area contributed by atoms with Gasteiger partial charge in [0, 0.05) is 64.6 Å². The zero-order valence-electron chi connectivity index (χ0n) is 16.1. The maximum Gasteiger partial charge on any atom is 0.242 e. The van der Waals surface area contributed by atoms with Gasteiger partial charge in [0.1, 0.15) is 4.90 Å². The van der Waals surface area contributed by atoms with Crippen LogP contribution < -0.4 is 10.0 Å². The summed E-state index contributed by atoms with van der Waals surface area (Å²) >= 11 is 0. The fourth-order valence-corrected chi connectivity index (χ4v) is 3.78. The van der Waals surface area contributed by atoms with Crippen molar-refractivity contribution < 1.29 is 13.2 Å². The van der Waals surface area contributed by atoms with Gasteiger partial charge in [0.2, 0.25) is 15.9 Å². The highest BCUT2D eigenvalue weighted by Crippen LogP contribution is 2.07. The van der Waals surface area contributed by atoms with Crippen LogP contribution in [-0.2, 0) is 14.8 Å². The van der Waals surface area contributed by atoms with E-state index in [1.807, 2.05) is 18.7 Å². The summed E-state index contributed by atoms with van der Waals surface area (Å²) in [5.41, 5.74) is 0. The second-order valence-electron chi connectivity index (χ2n) is 6.53. The van der Waals surface area contributed by atoms with Gasteiger partial charge in [0.05, 0.1) is 0 Å². The Hall–Kier alpha value is -2.20.